The molecule has 0 aliphatic heterocycles. The molecule has 1 atom stereocenters. The molecule has 0 aromatic carbocycles. The summed E-state index contributed by atoms with van der Waals surface area (Å²) in [6.45, 7) is 1.52. The van der Waals surface area contributed by atoms with E-state index in [1.54, 1.807) is 0 Å². The van der Waals surface area contributed by atoms with E-state index in [2.05, 4.69) is 4.74 Å². The van der Waals surface area contributed by atoms with Crippen molar-refractivity contribution in [1.29, 1.82) is 0 Å². The quantitative estimate of drug-likeness (QED) is 0.630. The Labute approximate surface area is 68.9 Å². The average Bonchev–Trinajstić information content (AvgIpc) is 1.99. The van der Waals surface area contributed by atoms with Gasteiger partial charge in [0.1, 0.15) is 0 Å². The molecule has 0 rings (SSSR count). The van der Waals surface area contributed by atoms with Gasteiger partial charge in [0, 0.05) is 0 Å². The Morgan fingerprint density at radius 2 is 2.18 bits per heavy atom. The third-order valence-corrected chi connectivity index (χ3v) is 2.13. The largest absolute Gasteiger partial charge is 0.480 e. The standard InChI is InChI=1S/C6H10O4S/c1-4(6(8)9)11-3-5(7)10-2/h4H,3H2,1-2H3,(H,8,9). The summed E-state index contributed by atoms with van der Waals surface area (Å²) >= 11 is 1.04. The van der Waals surface area contributed by atoms with Gasteiger partial charge in [0.15, 0.2) is 0 Å². The van der Waals surface area contributed by atoms with Crippen LogP contribution in [0.3, 0.4) is 0 Å². The van der Waals surface area contributed by atoms with Crippen LogP contribution in [0.2, 0.25) is 0 Å². The zero-order valence-corrected chi connectivity index (χ0v) is 7.18. The number of ether oxygens (including phenoxy) is 1. The van der Waals surface area contributed by atoms with Crippen molar-refractivity contribution in [1.82, 2.24) is 0 Å². The van der Waals surface area contributed by atoms with Gasteiger partial charge in [-0.3, -0.25) is 9.59 Å². The minimum absolute atomic E-state index is 0.0873. The van der Waals surface area contributed by atoms with E-state index in [4.69, 9.17) is 5.11 Å². The van der Waals surface area contributed by atoms with Gasteiger partial charge in [0.25, 0.3) is 0 Å². The molecular formula is C6H10O4S. The fraction of sp³-hybridized carbons (Fsp3) is 0.667. The molecule has 0 aromatic rings. The van der Waals surface area contributed by atoms with Gasteiger partial charge in [0.2, 0.25) is 0 Å². The van der Waals surface area contributed by atoms with Crippen LogP contribution in [-0.4, -0.2) is 35.2 Å². The van der Waals surface area contributed by atoms with Gasteiger partial charge in [-0.25, -0.2) is 0 Å². The Morgan fingerprint density at radius 1 is 1.64 bits per heavy atom. The number of carbonyl (C=O) groups is 2. The van der Waals surface area contributed by atoms with E-state index in [1.807, 2.05) is 0 Å². The number of methoxy groups -OCH3 is 1. The Kier molecular flexibility index (Phi) is 4.69. The molecule has 1 unspecified atom stereocenters. The van der Waals surface area contributed by atoms with Crippen molar-refractivity contribution >= 4 is 23.7 Å². The maximum atomic E-state index is 10.5. The number of carboxylic acid groups (broad SMARTS) is 1. The minimum atomic E-state index is -0.918. The first-order chi connectivity index (χ1) is 5.07. The van der Waals surface area contributed by atoms with E-state index in [9.17, 15) is 9.59 Å². The van der Waals surface area contributed by atoms with Crippen LogP contribution in [-0.2, 0) is 14.3 Å². The molecule has 0 fully saturated rings. The number of carboxylic acids is 1. The lowest BCUT2D eigenvalue weighted by Gasteiger charge is -2.03. The molecule has 0 bridgehead atoms. The molecule has 0 heterocycles. The van der Waals surface area contributed by atoms with Crippen LogP contribution in [0.5, 0.6) is 0 Å². The summed E-state index contributed by atoms with van der Waals surface area (Å²) in [6, 6.07) is 0. The fourth-order valence-corrected chi connectivity index (χ4v) is 0.970. The monoisotopic (exact) mass is 178 g/mol. The van der Waals surface area contributed by atoms with E-state index < -0.39 is 17.2 Å². The first-order valence-corrected chi connectivity index (χ1v) is 4.04. The molecule has 64 valence electrons. The molecule has 0 aliphatic rings. The number of hydrogen-bond donors (Lipinski definition) is 1. The van der Waals surface area contributed by atoms with E-state index in [0.29, 0.717) is 0 Å². The molecule has 0 radical (unpaired) electrons. The number of rotatable bonds is 4. The minimum Gasteiger partial charge on any atom is -0.480 e. The van der Waals surface area contributed by atoms with Crippen molar-refractivity contribution < 1.29 is 19.4 Å². The Bertz CT molecular complexity index is 157. The highest BCUT2D eigenvalue weighted by Crippen LogP contribution is 2.09. The molecule has 5 heteroatoms. The van der Waals surface area contributed by atoms with Crippen LogP contribution in [0.1, 0.15) is 6.92 Å². The lowest BCUT2D eigenvalue weighted by Crippen LogP contribution is -2.15. The van der Waals surface area contributed by atoms with Crippen LogP contribution in [0.25, 0.3) is 0 Å². The molecular weight excluding hydrogens is 168 g/mol. The summed E-state index contributed by atoms with van der Waals surface area (Å²) in [5, 5.41) is 7.83. The molecule has 0 aromatic heterocycles. The van der Waals surface area contributed by atoms with Crippen molar-refractivity contribution in [3.05, 3.63) is 0 Å². The predicted molar refractivity (Wildman–Crippen MR) is 41.6 cm³/mol. The second-order valence-electron chi connectivity index (χ2n) is 1.87. The van der Waals surface area contributed by atoms with Gasteiger partial charge in [-0.15, -0.1) is 11.8 Å². The second-order valence-corrected chi connectivity index (χ2v) is 3.20. The summed E-state index contributed by atoms with van der Waals surface area (Å²) in [7, 11) is 1.27. The van der Waals surface area contributed by atoms with Crippen LogP contribution in [0.4, 0.5) is 0 Å². The van der Waals surface area contributed by atoms with Gasteiger partial charge < -0.3 is 9.84 Å². The van der Waals surface area contributed by atoms with E-state index in [-0.39, 0.29) is 5.75 Å². The van der Waals surface area contributed by atoms with Gasteiger partial charge in [0.05, 0.1) is 18.1 Å². The summed E-state index contributed by atoms with van der Waals surface area (Å²) < 4.78 is 4.33. The Morgan fingerprint density at radius 3 is 2.55 bits per heavy atom. The number of hydrogen-bond acceptors (Lipinski definition) is 4. The van der Waals surface area contributed by atoms with Gasteiger partial charge >= 0.3 is 11.9 Å². The van der Waals surface area contributed by atoms with E-state index in [0.717, 1.165) is 11.8 Å². The van der Waals surface area contributed by atoms with Crippen LogP contribution >= 0.6 is 11.8 Å². The van der Waals surface area contributed by atoms with Crippen LogP contribution < -0.4 is 0 Å². The van der Waals surface area contributed by atoms with Gasteiger partial charge in [-0.1, -0.05) is 0 Å². The third kappa shape index (κ3) is 4.66. The summed E-state index contributed by atoms with van der Waals surface area (Å²) in [5.74, 6) is -1.23. The highest BCUT2D eigenvalue weighted by Gasteiger charge is 2.12. The predicted octanol–water partition coefficient (Wildman–Crippen LogP) is 0.366. The van der Waals surface area contributed by atoms with Crippen LogP contribution in [0.15, 0.2) is 0 Å². The number of esters is 1. The van der Waals surface area contributed by atoms with Crippen molar-refractivity contribution in [2.24, 2.45) is 0 Å². The molecule has 0 saturated carbocycles. The lowest BCUT2D eigenvalue weighted by molar-refractivity contribution is -0.137. The van der Waals surface area contributed by atoms with Crippen LogP contribution in [0, 0.1) is 0 Å². The number of aliphatic carboxylic acids is 1. The Hall–Kier alpha value is -0.710. The molecule has 0 amide bonds. The molecule has 0 spiro atoms. The van der Waals surface area contributed by atoms with Crippen molar-refractivity contribution in [3.63, 3.8) is 0 Å². The van der Waals surface area contributed by atoms with E-state index in [1.165, 1.54) is 14.0 Å². The fourth-order valence-electron chi connectivity index (χ4n) is 0.323. The Balaban J connectivity index is 3.54. The first kappa shape index (κ1) is 10.3. The highest BCUT2D eigenvalue weighted by atomic mass is 32.2. The molecule has 11 heavy (non-hydrogen) atoms. The maximum Gasteiger partial charge on any atom is 0.316 e. The van der Waals surface area contributed by atoms with E-state index >= 15 is 0 Å². The summed E-state index contributed by atoms with van der Waals surface area (Å²) in [5.41, 5.74) is 0. The van der Waals surface area contributed by atoms with Crippen molar-refractivity contribution in [3.8, 4) is 0 Å². The number of thioether (sulfide) groups is 1. The smallest absolute Gasteiger partial charge is 0.316 e. The van der Waals surface area contributed by atoms with Gasteiger partial charge in [-0.05, 0) is 6.92 Å². The van der Waals surface area contributed by atoms with Gasteiger partial charge in [-0.2, -0.15) is 0 Å². The average molecular weight is 178 g/mol. The SMILES string of the molecule is COC(=O)CSC(C)C(=O)O. The zero-order valence-electron chi connectivity index (χ0n) is 6.36. The third-order valence-electron chi connectivity index (χ3n) is 1.03. The molecule has 1 N–H and O–H groups in total. The van der Waals surface area contributed by atoms with Crippen molar-refractivity contribution in [2.45, 2.75) is 12.2 Å². The second kappa shape index (κ2) is 5.01. The first-order valence-electron chi connectivity index (χ1n) is 2.99. The zero-order chi connectivity index (χ0) is 8.85. The summed E-state index contributed by atoms with van der Waals surface area (Å²) in [4.78, 5) is 20.7. The molecule has 0 aliphatic carbocycles. The summed E-state index contributed by atoms with van der Waals surface area (Å²) in [6.07, 6.45) is 0. The van der Waals surface area contributed by atoms with Crippen molar-refractivity contribution in [2.75, 3.05) is 12.9 Å². The maximum absolute atomic E-state index is 10.5. The number of carbonyl (C=O) groups excluding carboxylic acids is 1. The molecule has 0 saturated heterocycles. The topological polar surface area (TPSA) is 63.6 Å². The highest BCUT2D eigenvalue weighted by molar-refractivity contribution is 8.01. The normalized spacial score (nSPS) is 12.2. The molecule has 4 nitrogen and oxygen atoms in total. The lowest BCUT2D eigenvalue weighted by atomic mass is 10.5.